The number of ether oxygens (including phenoxy) is 2. The summed E-state index contributed by atoms with van der Waals surface area (Å²) in [5, 5.41) is 16.9. The minimum absolute atomic E-state index is 0.174. The van der Waals surface area contributed by atoms with E-state index in [1.54, 1.807) is 42.7 Å². The molecule has 0 saturated carbocycles. The molecule has 0 fully saturated rings. The van der Waals surface area contributed by atoms with Crippen LogP contribution in [0.15, 0.2) is 59.5 Å². The summed E-state index contributed by atoms with van der Waals surface area (Å²) >= 11 is 0. The number of rotatable bonds is 19. The number of ketones is 1. The summed E-state index contributed by atoms with van der Waals surface area (Å²) in [6, 6.07) is 8.73. The maximum atomic E-state index is 13.1. The third kappa shape index (κ3) is 9.73. The third-order valence-electron chi connectivity index (χ3n) is 6.58. The Kier molecular flexibility index (Phi) is 11.7. The largest absolute Gasteiger partial charge is 0.487 e. The Hall–Kier alpha value is -4.21. The van der Waals surface area contributed by atoms with Gasteiger partial charge in [0.15, 0.2) is 5.78 Å². The Labute approximate surface area is 241 Å². The number of furan rings is 1. The van der Waals surface area contributed by atoms with E-state index in [-0.39, 0.29) is 19.0 Å². The number of nitrogens with zero attached hydrogens (tertiary/aromatic N) is 6. The molecule has 0 spiro atoms. The maximum absolute atomic E-state index is 13.1. The number of hydrogen-bond donors (Lipinski definition) is 0. The first-order valence-corrected chi connectivity index (χ1v) is 14.6. The Bertz CT molecular complexity index is 1360. The predicted octanol–water partition coefficient (Wildman–Crippen LogP) is 6.68. The van der Waals surface area contributed by atoms with Crippen LogP contribution in [0.2, 0.25) is 0 Å². The summed E-state index contributed by atoms with van der Waals surface area (Å²) in [6.07, 6.45) is 17.8. The fourth-order valence-electron chi connectivity index (χ4n) is 4.29. The van der Waals surface area contributed by atoms with Crippen molar-refractivity contribution in [3.05, 3.63) is 77.8 Å². The lowest BCUT2D eigenvalue weighted by atomic mass is 10.1. The van der Waals surface area contributed by atoms with E-state index in [9.17, 15) is 4.79 Å². The van der Waals surface area contributed by atoms with E-state index in [2.05, 4.69) is 34.5 Å². The normalized spacial score (nSPS) is 11.4. The van der Waals surface area contributed by atoms with Crippen LogP contribution in [0.1, 0.15) is 92.7 Å². The van der Waals surface area contributed by atoms with Crippen molar-refractivity contribution < 1.29 is 18.7 Å². The molecule has 1 aromatic carbocycles. The van der Waals surface area contributed by atoms with Gasteiger partial charge in [-0.25, -0.2) is 0 Å². The van der Waals surface area contributed by atoms with Crippen molar-refractivity contribution in [2.45, 2.75) is 91.5 Å². The van der Waals surface area contributed by atoms with E-state index in [1.807, 2.05) is 21.8 Å². The molecule has 0 saturated heterocycles. The molecule has 218 valence electrons. The van der Waals surface area contributed by atoms with Gasteiger partial charge in [0, 0.05) is 19.2 Å². The second kappa shape index (κ2) is 16.2. The molecule has 0 atom stereocenters. The molecular weight excluding hydrogens is 520 g/mol. The van der Waals surface area contributed by atoms with Crippen LogP contribution in [-0.2, 0) is 26.3 Å². The summed E-state index contributed by atoms with van der Waals surface area (Å²) in [5.74, 6) is 1.33. The highest BCUT2D eigenvalue weighted by Gasteiger charge is 2.14. The standard InChI is InChI=1S/C31H40N6O4/c1-3-5-7-9-17-36-21-25(32-34-36)23-40-28-13-15-29(30(38)16-14-27-12-11-19-39-27)31(20-28)41-24-26-22-37(35-33-26)18-10-8-6-4-2/h11-16,19-22H,3-10,17-18,23-24H2,1-2H3/b16-14+. The molecule has 4 aromatic rings. The summed E-state index contributed by atoms with van der Waals surface area (Å²) in [7, 11) is 0. The van der Waals surface area contributed by atoms with Crippen molar-refractivity contribution in [3.8, 4) is 11.5 Å². The van der Waals surface area contributed by atoms with Crippen molar-refractivity contribution in [3.63, 3.8) is 0 Å². The SMILES string of the molecule is CCCCCCn1cc(COc2ccc(C(=O)/C=C/c3ccco3)c(OCc3cn(CCCCCC)nn3)c2)nn1. The maximum Gasteiger partial charge on any atom is 0.189 e. The van der Waals surface area contributed by atoms with E-state index in [0.29, 0.717) is 28.5 Å². The minimum atomic E-state index is -0.214. The molecule has 0 radical (unpaired) electrons. The van der Waals surface area contributed by atoms with Crippen LogP contribution in [0.25, 0.3) is 6.08 Å². The minimum Gasteiger partial charge on any atom is -0.487 e. The molecule has 10 nitrogen and oxygen atoms in total. The zero-order valence-corrected chi connectivity index (χ0v) is 24.1. The van der Waals surface area contributed by atoms with Crippen molar-refractivity contribution in [2.75, 3.05) is 0 Å². The molecule has 3 heterocycles. The Morgan fingerprint density at radius 1 is 0.854 bits per heavy atom. The molecule has 0 aliphatic carbocycles. The van der Waals surface area contributed by atoms with Crippen molar-refractivity contribution in [1.82, 2.24) is 30.0 Å². The highest BCUT2D eigenvalue weighted by atomic mass is 16.5. The van der Waals surface area contributed by atoms with E-state index in [0.717, 1.165) is 31.6 Å². The van der Waals surface area contributed by atoms with Crippen molar-refractivity contribution >= 4 is 11.9 Å². The van der Waals surface area contributed by atoms with Gasteiger partial charge in [-0.3, -0.25) is 14.2 Å². The summed E-state index contributed by atoms with van der Waals surface area (Å²) < 4.78 is 21.1. The lowest BCUT2D eigenvalue weighted by Crippen LogP contribution is -2.04. The van der Waals surface area contributed by atoms with Gasteiger partial charge < -0.3 is 13.9 Å². The number of hydrogen-bond acceptors (Lipinski definition) is 8. The Balaban J connectivity index is 1.41. The molecular formula is C31H40N6O4. The number of carbonyl (C=O) groups is 1. The number of unbranched alkanes of at least 4 members (excludes halogenated alkanes) is 6. The van der Waals surface area contributed by atoms with Crippen LogP contribution in [0, 0.1) is 0 Å². The van der Waals surface area contributed by atoms with Gasteiger partial charge in [-0.05, 0) is 49.3 Å². The zero-order chi connectivity index (χ0) is 28.7. The van der Waals surface area contributed by atoms with Crippen LogP contribution in [0.3, 0.4) is 0 Å². The topological polar surface area (TPSA) is 110 Å². The Morgan fingerprint density at radius 2 is 1.51 bits per heavy atom. The summed E-state index contributed by atoms with van der Waals surface area (Å²) in [6.45, 7) is 6.48. The molecule has 0 aliphatic rings. The third-order valence-corrected chi connectivity index (χ3v) is 6.58. The number of allylic oxidation sites excluding steroid dienone is 1. The Morgan fingerprint density at radius 3 is 2.12 bits per heavy atom. The second-order valence-electron chi connectivity index (χ2n) is 10.0. The molecule has 0 bridgehead atoms. The monoisotopic (exact) mass is 560 g/mol. The van der Waals surface area contributed by atoms with E-state index in [1.165, 1.54) is 44.6 Å². The van der Waals surface area contributed by atoms with Gasteiger partial charge in [-0.15, -0.1) is 10.2 Å². The first-order valence-electron chi connectivity index (χ1n) is 14.6. The fraction of sp³-hybridized carbons (Fsp3) is 0.452. The average Bonchev–Trinajstić information content (AvgIpc) is 3.77. The van der Waals surface area contributed by atoms with Gasteiger partial charge in [-0.2, -0.15) is 0 Å². The van der Waals surface area contributed by atoms with Crippen LogP contribution in [0.5, 0.6) is 11.5 Å². The van der Waals surface area contributed by atoms with Gasteiger partial charge in [0.25, 0.3) is 0 Å². The number of aromatic nitrogens is 6. The van der Waals surface area contributed by atoms with Crippen LogP contribution >= 0.6 is 0 Å². The molecule has 3 aromatic heterocycles. The van der Waals surface area contributed by atoms with Crippen molar-refractivity contribution in [2.24, 2.45) is 0 Å². The first-order chi connectivity index (χ1) is 20.1. The summed E-state index contributed by atoms with van der Waals surface area (Å²) in [4.78, 5) is 13.1. The molecule has 41 heavy (non-hydrogen) atoms. The number of carbonyl (C=O) groups excluding carboxylic acids is 1. The predicted molar refractivity (Wildman–Crippen MR) is 156 cm³/mol. The van der Waals surface area contributed by atoms with Gasteiger partial charge >= 0.3 is 0 Å². The van der Waals surface area contributed by atoms with Crippen LogP contribution in [0.4, 0.5) is 0 Å². The lowest BCUT2D eigenvalue weighted by Gasteiger charge is -2.11. The number of benzene rings is 1. The zero-order valence-electron chi connectivity index (χ0n) is 24.1. The van der Waals surface area contributed by atoms with Crippen LogP contribution in [-0.4, -0.2) is 35.8 Å². The molecule has 0 unspecified atom stereocenters. The average molecular weight is 561 g/mol. The van der Waals surface area contributed by atoms with E-state index in [4.69, 9.17) is 13.9 Å². The molecule has 0 aliphatic heterocycles. The second-order valence-corrected chi connectivity index (χ2v) is 10.0. The molecule has 4 rings (SSSR count). The fourth-order valence-corrected chi connectivity index (χ4v) is 4.29. The van der Waals surface area contributed by atoms with Gasteiger partial charge in [0.05, 0.1) is 24.2 Å². The van der Waals surface area contributed by atoms with E-state index < -0.39 is 0 Å². The quantitative estimate of drug-likeness (QED) is 0.0710. The number of aryl methyl sites for hydroxylation is 2. The lowest BCUT2D eigenvalue weighted by molar-refractivity contribution is 0.104. The first kappa shape index (κ1) is 29.8. The van der Waals surface area contributed by atoms with E-state index >= 15 is 0 Å². The van der Waals surface area contributed by atoms with Gasteiger partial charge in [0.2, 0.25) is 0 Å². The smallest absolute Gasteiger partial charge is 0.189 e. The van der Waals surface area contributed by atoms with Crippen LogP contribution < -0.4 is 9.47 Å². The van der Waals surface area contributed by atoms with Gasteiger partial charge in [-0.1, -0.05) is 62.8 Å². The highest BCUT2D eigenvalue weighted by Crippen LogP contribution is 2.27. The van der Waals surface area contributed by atoms with Gasteiger partial charge in [0.1, 0.15) is 41.9 Å². The summed E-state index contributed by atoms with van der Waals surface area (Å²) in [5.41, 5.74) is 1.83. The molecule has 0 N–H and O–H groups in total. The molecule has 10 heteroatoms. The van der Waals surface area contributed by atoms with Crippen molar-refractivity contribution in [1.29, 1.82) is 0 Å². The highest BCUT2D eigenvalue weighted by molar-refractivity contribution is 6.08. The molecule has 0 amide bonds.